The van der Waals surface area contributed by atoms with E-state index in [4.69, 9.17) is 23.2 Å². The summed E-state index contributed by atoms with van der Waals surface area (Å²) in [5, 5.41) is 3.30. The molecule has 0 bridgehead atoms. The number of anilines is 2. The third-order valence-corrected chi connectivity index (χ3v) is 5.39. The Hall–Kier alpha value is -1.76. The number of rotatable bonds is 5. The van der Waals surface area contributed by atoms with Gasteiger partial charge in [0.05, 0.1) is 22.0 Å². The maximum Gasteiger partial charge on any atom is 0.245 e. The second-order valence-corrected chi connectivity index (χ2v) is 8.46. The lowest BCUT2D eigenvalue weighted by atomic mass is 10.1. The number of carbonyl (C=O) groups excluding carboxylic acids is 1. The SMILES string of the molecule is Cc1ccc(C)c(N(CC(=O)Nc2ccc(Cl)c(Cl)c2)S(C)(=O)=O)c1. The van der Waals surface area contributed by atoms with Crippen molar-refractivity contribution in [3.05, 3.63) is 57.6 Å². The van der Waals surface area contributed by atoms with Crippen LogP contribution in [0.15, 0.2) is 36.4 Å². The van der Waals surface area contributed by atoms with Crippen LogP contribution in [0.1, 0.15) is 11.1 Å². The van der Waals surface area contributed by atoms with Gasteiger partial charge in [0, 0.05) is 5.69 Å². The van der Waals surface area contributed by atoms with Crippen molar-refractivity contribution in [1.29, 1.82) is 0 Å². The third kappa shape index (κ3) is 5.11. The molecule has 2 rings (SSSR count). The predicted octanol–water partition coefficient (Wildman–Crippen LogP) is 4.01. The van der Waals surface area contributed by atoms with Crippen LogP contribution in [0.25, 0.3) is 0 Å². The minimum absolute atomic E-state index is 0.300. The maximum absolute atomic E-state index is 12.3. The molecule has 8 heteroatoms. The summed E-state index contributed by atoms with van der Waals surface area (Å²) in [5.74, 6) is -0.482. The molecule has 0 atom stereocenters. The van der Waals surface area contributed by atoms with E-state index >= 15 is 0 Å². The quantitative estimate of drug-likeness (QED) is 0.823. The lowest BCUT2D eigenvalue weighted by molar-refractivity contribution is -0.114. The van der Waals surface area contributed by atoms with Crippen molar-refractivity contribution >= 4 is 50.5 Å². The van der Waals surface area contributed by atoms with Gasteiger partial charge >= 0.3 is 0 Å². The summed E-state index contributed by atoms with van der Waals surface area (Å²) >= 11 is 11.8. The number of aryl methyl sites for hydroxylation is 2. The van der Waals surface area contributed by atoms with Crippen molar-refractivity contribution in [2.24, 2.45) is 0 Å². The number of hydrogen-bond donors (Lipinski definition) is 1. The highest BCUT2D eigenvalue weighted by molar-refractivity contribution is 7.92. The molecule has 0 fully saturated rings. The molecule has 0 aromatic heterocycles. The second kappa shape index (κ2) is 7.64. The fourth-order valence-electron chi connectivity index (χ4n) is 2.27. The Morgan fingerprint density at radius 3 is 2.36 bits per heavy atom. The first-order chi connectivity index (χ1) is 11.6. The fraction of sp³-hybridized carbons (Fsp3) is 0.235. The fourth-order valence-corrected chi connectivity index (χ4v) is 3.48. The lowest BCUT2D eigenvalue weighted by Gasteiger charge is -2.24. The van der Waals surface area contributed by atoms with E-state index in [1.54, 1.807) is 25.1 Å². The molecule has 0 unspecified atom stereocenters. The van der Waals surface area contributed by atoms with Crippen molar-refractivity contribution in [3.63, 3.8) is 0 Å². The van der Waals surface area contributed by atoms with Gasteiger partial charge in [0.25, 0.3) is 0 Å². The average Bonchev–Trinajstić information content (AvgIpc) is 2.50. The van der Waals surface area contributed by atoms with Gasteiger partial charge < -0.3 is 5.32 Å². The van der Waals surface area contributed by atoms with Crippen molar-refractivity contribution < 1.29 is 13.2 Å². The van der Waals surface area contributed by atoms with E-state index in [2.05, 4.69) is 5.32 Å². The van der Waals surface area contributed by atoms with Gasteiger partial charge in [-0.25, -0.2) is 8.42 Å². The molecule has 0 saturated carbocycles. The molecule has 0 heterocycles. The Morgan fingerprint density at radius 1 is 1.08 bits per heavy atom. The van der Waals surface area contributed by atoms with Gasteiger partial charge in [0.1, 0.15) is 6.54 Å². The van der Waals surface area contributed by atoms with Crippen molar-refractivity contribution in [2.75, 3.05) is 22.4 Å². The Bertz CT molecular complexity index is 914. The van der Waals surface area contributed by atoms with E-state index in [0.29, 0.717) is 21.4 Å². The first kappa shape index (κ1) is 19.6. The van der Waals surface area contributed by atoms with Gasteiger partial charge in [-0.15, -0.1) is 0 Å². The summed E-state index contributed by atoms with van der Waals surface area (Å²) in [5.41, 5.74) is 2.58. The maximum atomic E-state index is 12.3. The molecule has 0 radical (unpaired) electrons. The highest BCUT2D eigenvalue weighted by Gasteiger charge is 2.22. The van der Waals surface area contributed by atoms with Crippen LogP contribution in [0.5, 0.6) is 0 Å². The van der Waals surface area contributed by atoms with E-state index in [1.807, 2.05) is 19.1 Å². The number of nitrogens with zero attached hydrogens (tertiary/aromatic N) is 1. The number of amides is 1. The second-order valence-electron chi connectivity index (χ2n) is 5.74. The summed E-state index contributed by atoms with van der Waals surface area (Å²) in [6.07, 6.45) is 1.07. The molecule has 1 N–H and O–H groups in total. The Labute approximate surface area is 157 Å². The van der Waals surface area contributed by atoms with E-state index < -0.39 is 15.9 Å². The number of hydrogen-bond acceptors (Lipinski definition) is 3. The molecule has 1 amide bonds. The van der Waals surface area contributed by atoms with Crippen LogP contribution in [0.2, 0.25) is 10.0 Å². The number of halogens is 2. The molecule has 0 saturated heterocycles. The molecule has 5 nitrogen and oxygen atoms in total. The van der Waals surface area contributed by atoms with Crippen LogP contribution < -0.4 is 9.62 Å². The zero-order valence-electron chi connectivity index (χ0n) is 14.0. The standard InChI is InChI=1S/C17H18Cl2N2O3S/c1-11-4-5-12(2)16(8-11)21(25(3,23)24)10-17(22)20-13-6-7-14(18)15(19)9-13/h4-9H,10H2,1-3H3,(H,20,22). The largest absolute Gasteiger partial charge is 0.324 e. The number of carbonyl (C=O) groups is 1. The van der Waals surface area contributed by atoms with Gasteiger partial charge in [0.2, 0.25) is 15.9 Å². The summed E-state index contributed by atoms with van der Waals surface area (Å²) < 4.78 is 25.5. The van der Waals surface area contributed by atoms with Crippen LogP contribution in [0, 0.1) is 13.8 Å². The van der Waals surface area contributed by atoms with Crippen molar-refractivity contribution in [3.8, 4) is 0 Å². The first-order valence-corrected chi connectivity index (χ1v) is 9.98. The van der Waals surface area contributed by atoms with Crippen molar-refractivity contribution in [2.45, 2.75) is 13.8 Å². The summed E-state index contributed by atoms with van der Waals surface area (Å²) in [7, 11) is -3.63. The highest BCUT2D eigenvalue weighted by atomic mass is 35.5. The first-order valence-electron chi connectivity index (χ1n) is 7.38. The highest BCUT2D eigenvalue weighted by Crippen LogP contribution is 2.26. The summed E-state index contributed by atoms with van der Waals surface area (Å²) in [6, 6.07) is 10.1. The Morgan fingerprint density at radius 2 is 1.76 bits per heavy atom. The number of benzene rings is 2. The molecule has 0 aliphatic carbocycles. The number of sulfonamides is 1. The normalized spacial score (nSPS) is 11.2. The zero-order chi connectivity index (χ0) is 18.8. The molecule has 2 aromatic rings. The average molecular weight is 401 g/mol. The molecule has 0 spiro atoms. The van der Waals surface area contributed by atoms with E-state index in [0.717, 1.165) is 21.7 Å². The van der Waals surface area contributed by atoms with Crippen LogP contribution >= 0.6 is 23.2 Å². The molecule has 0 aliphatic heterocycles. The van der Waals surface area contributed by atoms with Gasteiger partial charge in [-0.1, -0.05) is 35.3 Å². The van der Waals surface area contributed by atoms with E-state index in [-0.39, 0.29) is 6.54 Å². The van der Waals surface area contributed by atoms with Gasteiger partial charge in [-0.2, -0.15) is 0 Å². The molecular formula is C17H18Cl2N2O3S. The van der Waals surface area contributed by atoms with Gasteiger partial charge in [-0.05, 0) is 49.2 Å². The molecule has 134 valence electrons. The van der Waals surface area contributed by atoms with E-state index in [1.165, 1.54) is 6.07 Å². The minimum Gasteiger partial charge on any atom is -0.324 e. The summed E-state index contributed by atoms with van der Waals surface area (Å²) in [6.45, 7) is 3.31. The van der Waals surface area contributed by atoms with Crippen LogP contribution in [0.4, 0.5) is 11.4 Å². The van der Waals surface area contributed by atoms with Crippen LogP contribution in [-0.4, -0.2) is 27.1 Å². The molecular weight excluding hydrogens is 383 g/mol. The molecule has 2 aromatic carbocycles. The Balaban J connectivity index is 2.27. The predicted molar refractivity (Wildman–Crippen MR) is 103 cm³/mol. The smallest absolute Gasteiger partial charge is 0.245 e. The van der Waals surface area contributed by atoms with Crippen molar-refractivity contribution in [1.82, 2.24) is 0 Å². The Kier molecular flexibility index (Phi) is 5.98. The topological polar surface area (TPSA) is 66.5 Å². The van der Waals surface area contributed by atoms with Gasteiger partial charge in [0.15, 0.2) is 0 Å². The van der Waals surface area contributed by atoms with E-state index in [9.17, 15) is 13.2 Å². The number of nitrogens with one attached hydrogen (secondary N) is 1. The minimum atomic E-state index is -3.63. The van der Waals surface area contributed by atoms with Crippen LogP contribution in [-0.2, 0) is 14.8 Å². The molecule has 25 heavy (non-hydrogen) atoms. The third-order valence-electron chi connectivity index (χ3n) is 3.52. The van der Waals surface area contributed by atoms with Gasteiger partial charge in [-0.3, -0.25) is 9.10 Å². The zero-order valence-corrected chi connectivity index (χ0v) is 16.3. The summed E-state index contributed by atoms with van der Waals surface area (Å²) in [4.78, 5) is 12.3. The molecule has 0 aliphatic rings. The van der Waals surface area contributed by atoms with Crippen LogP contribution in [0.3, 0.4) is 0 Å². The monoisotopic (exact) mass is 400 g/mol. The lowest BCUT2D eigenvalue weighted by Crippen LogP contribution is -2.37.